The number of carbonyl (C=O) groups is 2. The molecule has 19 heavy (non-hydrogen) atoms. The third kappa shape index (κ3) is 2.83. The number of aromatic carboxylic acids is 1. The number of carboxylic acids is 1. The predicted molar refractivity (Wildman–Crippen MR) is 67.8 cm³/mol. The lowest BCUT2D eigenvalue weighted by molar-refractivity contribution is 0.0697. The Morgan fingerprint density at radius 3 is 2.53 bits per heavy atom. The van der Waals surface area contributed by atoms with Gasteiger partial charge in [-0.15, -0.1) is 0 Å². The Balaban J connectivity index is 2.20. The molecule has 0 aliphatic carbocycles. The number of aromatic nitrogens is 2. The summed E-state index contributed by atoms with van der Waals surface area (Å²) in [6, 6.07) is 5.58. The molecule has 0 bridgehead atoms. The van der Waals surface area contributed by atoms with Crippen LogP contribution in [0.25, 0.3) is 0 Å². The Labute approximate surface area is 108 Å². The van der Waals surface area contributed by atoms with Crippen molar-refractivity contribution in [3.63, 3.8) is 0 Å². The van der Waals surface area contributed by atoms with E-state index in [0.717, 1.165) is 0 Å². The van der Waals surface area contributed by atoms with Crippen molar-refractivity contribution in [1.82, 2.24) is 10.2 Å². The fraction of sp³-hybridized carbons (Fsp3) is 0. The van der Waals surface area contributed by atoms with Crippen molar-refractivity contribution in [3.8, 4) is 0 Å². The number of hydrogen-bond acceptors (Lipinski definition) is 5. The number of carboxylic acid groups (broad SMARTS) is 1. The minimum absolute atomic E-state index is 0.0566. The molecule has 1 amide bonds. The molecule has 1 aromatic heterocycles. The number of hydrogen-bond donors (Lipinski definition) is 3. The number of amides is 1. The Morgan fingerprint density at radius 1 is 1.16 bits per heavy atom. The second kappa shape index (κ2) is 5.13. The maximum absolute atomic E-state index is 11.8. The second-order valence-corrected chi connectivity index (χ2v) is 3.69. The van der Waals surface area contributed by atoms with Crippen molar-refractivity contribution in [2.75, 3.05) is 11.1 Å². The van der Waals surface area contributed by atoms with E-state index < -0.39 is 11.9 Å². The minimum atomic E-state index is -1.08. The van der Waals surface area contributed by atoms with Gasteiger partial charge in [-0.2, -0.15) is 10.2 Å². The van der Waals surface area contributed by atoms with Gasteiger partial charge in [0.05, 0.1) is 34.9 Å². The van der Waals surface area contributed by atoms with E-state index in [0.29, 0.717) is 11.3 Å². The molecule has 0 saturated carbocycles. The standard InChI is InChI=1S/C12H10N4O3/c13-9-5-7(12(18)19)1-2-10(9)16-11(17)8-3-4-14-15-6-8/h1-6H,13H2,(H,16,17)(H,18,19). The summed E-state index contributed by atoms with van der Waals surface area (Å²) in [6.07, 6.45) is 2.71. The topological polar surface area (TPSA) is 118 Å². The number of nitrogens with two attached hydrogens (primary N) is 1. The Morgan fingerprint density at radius 2 is 1.95 bits per heavy atom. The summed E-state index contributed by atoms with van der Waals surface area (Å²) in [7, 11) is 0. The smallest absolute Gasteiger partial charge is 0.335 e. The first kappa shape index (κ1) is 12.5. The van der Waals surface area contributed by atoms with Crippen molar-refractivity contribution in [1.29, 1.82) is 0 Å². The van der Waals surface area contributed by atoms with E-state index in [2.05, 4.69) is 15.5 Å². The van der Waals surface area contributed by atoms with Gasteiger partial charge in [-0.1, -0.05) is 0 Å². The molecule has 0 aliphatic heterocycles. The average Bonchev–Trinajstić information content (AvgIpc) is 2.41. The van der Waals surface area contributed by atoms with Gasteiger partial charge in [0.25, 0.3) is 5.91 Å². The van der Waals surface area contributed by atoms with Crippen LogP contribution in [-0.4, -0.2) is 27.2 Å². The molecule has 2 aromatic rings. The van der Waals surface area contributed by atoms with Crippen molar-refractivity contribution in [3.05, 3.63) is 47.8 Å². The van der Waals surface area contributed by atoms with Crippen LogP contribution in [0, 0.1) is 0 Å². The Bertz CT molecular complexity index is 628. The number of nitrogens with one attached hydrogen (secondary N) is 1. The fourth-order valence-corrected chi connectivity index (χ4v) is 1.43. The molecule has 1 heterocycles. The molecule has 0 fully saturated rings. The van der Waals surface area contributed by atoms with Crippen LogP contribution in [0.1, 0.15) is 20.7 Å². The van der Waals surface area contributed by atoms with E-state index >= 15 is 0 Å². The van der Waals surface area contributed by atoms with Crippen molar-refractivity contribution in [2.24, 2.45) is 0 Å². The molecule has 0 atom stereocenters. The predicted octanol–water partition coefficient (Wildman–Crippen LogP) is 1.01. The third-order valence-electron chi connectivity index (χ3n) is 2.39. The first-order valence-corrected chi connectivity index (χ1v) is 5.29. The number of carbonyl (C=O) groups excluding carboxylic acids is 1. The normalized spacial score (nSPS) is 9.89. The maximum atomic E-state index is 11.8. The van der Waals surface area contributed by atoms with Gasteiger partial charge in [-0.05, 0) is 24.3 Å². The van der Waals surface area contributed by atoms with Crippen LogP contribution in [0.15, 0.2) is 36.7 Å². The van der Waals surface area contributed by atoms with Gasteiger partial charge in [0.2, 0.25) is 0 Å². The van der Waals surface area contributed by atoms with Gasteiger partial charge in [-0.25, -0.2) is 4.79 Å². The summed E-state index contributed by atoms with van der Waals surface area (Å²) in [6.45, 7) is 0. The summed E-state index contributed by atoms with van der Waals surface area (Å²) >= 11 is 0. The number of benzene rings is 1. The maximum Gasteiger partial charge on any atom is 0.335 e. The van der Waals surface area contributed by atoms with Gasteiger partial charge < -0.3 is 16.2 Å². The molecule has 0 unspecified atom stereocenters. The number of nitrogen functional groups attached to an aromatic ring is 1. The number of anilines is 2. The summed E-state index contributed by atoms with van der Waals surface area (Å²) < 4.78 is 0. The van der Waals surface area contributed by atoms with Crippen LogP contribution in [0.2, 0.25) is 0 Å². The summed E-state index contributed by atoms with van der Waals surface area (Å²) in [5.74, 6) is -1.48. The van der Waals surface area contributed by atoms with Gasteiger partial charge in [0.15, 0.2) is 0 Å². The Kier molecular flexibility index (Phi) is 3.37. The molecular weight excluding hydrogens is 248 g/mol. The third-order valence-corrected chi connectivity index (χ3v) is 2.39. The van der Waals surface area contributed by atoms with Crippen LogP contribution >= 0.6 is 0 Å². The lowest BCUT2D eigenvalue weighted by Gasteiger charge is -2.08. The lowest BCUT2D eigenvalue weighted by atomic mass is 10.1. The van der Waals surface area contributed by atoms with E-state index in [1.807, 2.05) is 0 Å². The monoisotopic (exact) mass is 258 g/mol. The average molecular weight is 258 g/mol. The summed E-state index contributed by atoms with van der Waals surface area (Å²) in [5.41, 5.74) is 6.58. The quantitative estimate of drug-likeness (QED) is 0.707. The largest absolute Gasteiger partial charge is 0.478 e. The highest BCUT2D eigenvalue weighted by atomic mass is 16.4. The highest BCUT2D eigenvalue weighted by Gasteiger charge is 2.10. The van der Waals surface area contributed by atoms with E-state index in [1.54, 1.807) is 0 Å². The van der Waals surface area contributed by atoms with E-state index in [4.69, 9.17) is 10.8 Å². The second-order valence-electron chi connectivity index (χ2n) is 3.69. The van der Waals surface area contributed by atoms with Crippen molar-refractivity contribution >= 4 is 23.3 Å². The van der Waals surface area contributed by atoms with Crippen molar-refractivity contribution < 1.29 is 14.7 Å². The van der Waals surface area contributed by atoms with Gasteiger partial charge >= 0.3 is 5.97 Å². The molecule has 7 heteroatoms. The van der Waals surface area contributed by atoms with E-state index in [9.17, 15) is 9.59 Å². The zero-order chi connectivity index (χ0) is 13.8. The number of rotatable bonds is 3. The van der Waals surface area contributed by atoms with E-state index in [1.165, 1.54) is 36.7 Å². The summed E-state index contributed by atoms with van der Waals surface area (Å²) in [5, 5.41) is 18.5. The van der Waals surface area contributed by atoms with Crippen molar-refractivity contribution in [2.45, 2.75) is 0 Å². The fourth-order valence-electron chi connectivity index (χ4n) is 1.43. The first-order valence-electron chi connectivity index (χ1n) is 5.29. The van der Waals surface area contributed by atoms with Crippen LogP contribution in [0.3, 0.4) is 0 Å². The molecule has 4 N–H and O–H groups in total. The van der Waals surface area contributed by atoms with Crippen LogP contribution < -0.4 is 11.1 Å². The summed E-state index contributed by atoms with van der Waals surface area (Å²) in [4.78, 5) is 22.6. The molecular formula is C12H10N4O3. The SMILES string of the molecule is Nc1cc(C(=O)O)ccc1NC(=O)c1ccnnc1. The molecule has 0 aliphatic rings. The van der Waals surface area contributed by atoms with Crippen LogP contribution in [0.5, 0.6) is 0 Å². The molecule has 7 nitrogen and oxygen atoms in total. The molecule has 0 radical (unpaired) electrons. The van der Waals surface area contributed by atoms with Gasteiger partial charge in [0.1, 0.15) is 0 Å². The molecule has 0 spiro atoms. The van der Waals surface area contributed by atoms with Crippen LogP contribution in [0.4, 0.5) is 11.4 Å². The van der Waals surface area contributed by atoms with E-state index in [-0.39, 0.29) is 11.3 Å². The molecule has 0 saturated heterocycles. The zero-order valence-corrected chi connectivity index (χ0v) is 9.70. The molecule has 96 valence electrons. The zero-order valence-electron chi connectivity index (χ0n) is 9.70. The van der Waals surface area contributed by atoms with Gasteiger partial charge in [-0.3, -0.25) is 4.79 Å². The highest BCUT2D eigenvalue weighted by molar-refractivity contribution is 6.05. The lowest BCUT2D eigenvalue weighted by Crippen LogP contribution is -2.14. The van der Waals surface area contributed by atoms with Gasteiger partial charge in [0, 0.05) is 0 Å². The molecule has 2 rings (SSSR count). The van der Waals surface area contributed by atoms with Crippen LogP contribution in [-0.2, 0) is 0 Å². The number of nitrogens with zero attached hydrogens (tertiary/aromatic N) is 2. The highest BCUT2D eigenvalue weighted by Crippen LogP contribution is 2.20. The minimum Gasteiger partial charge on any atom is -0.478 e. The molecule has 1 aromatic carbocycles. The first-order chi connectivity index (χ1) is 9.08. The Hall–Kier alpha value is -2.96.